The highest BCUT2D eigenvalue weighted by molar-refractivity contribution is 5.34. The molecule has 1 aromatic heterocycles. The van der Waals surface area contributed by atoms with E-state index in [0.717, 1.165) is 25.1 Å². The van der Waals surface area contributed by atoms with Crippen LogP contribution >= 0.6 is 0 Å². The minimum absolute atomic E-state index is 0.715. The van der Waals surface area contributed by atoms with Crippen LogP contribution in [0.25, 0.3) is 0 Å². The summed E-state index contributed by atoms with van der Waals surface area (Å²) in [6.07, 6.45) is 9.29. The molecule has 0 amide bonds. The maximum absolute atomic E-state index is 5.81. The zero-order valence-corrected chi connectivity index (χ0v) is 10.5. The van der Waals surface area contributed by atoms with Crippen molar-refractivity contribution in [2.45, 2.75) is 19.4 Å². The Balaban J connectivity index is 1.80. The van der Waals surface area contributed by atoms with E-state index in [1.807, 2.05) is 36.8 Å². The van der Waals surface area contributed by atoms with Crippen LogP contribution in [0.4, 0.5) is 0 Å². The van der Waals surface area contributed by atoms with Crippen molar-refractivity contribution < 1.29 is 4.74 Å². The van der Waals surface area contributed by atoms with Gasteiger partial charge in [-0.3, -0.25) is 0 Å². The van der Waals surface area contributed by atoms with E-state index in [0.29, 0.717) is 6.61 Å². The molecule has 0 bridgehead atoms. The number of allylic oxidation sites excluding steroid dienone is 1. The highest BCUT2D eigenvalue weighted by Gasteiger charge is 2.00. The third-order valence-electron chi connectivity index (χ3n) is 2.71. The molecular formula is C15H18N2O. The van der Waals surface area contributed by atoms with Gasteiger partial charge in [-0.25, -0.2) is 4.98 Å². The number of aryl methyl sites for hydroxylation is 1. The lowest BCUT2D eigenvalue weighted by Gasteiger charge is -2.10. The number of hydrogen-bond acceptors (Lipinski definition) is 2. The van der Waals surface area contributed by atoms with Crippen LogP contribution in [0.15, 0.2) is 55.6 Å². The van der Waals surface area contributed by atoms with Gasteiger partial charge in [-0.15, -0.1) is 6.58 Å². The van der Waals surface area contributed by atoms with Crippen LogP contribution in [0.2, 0.25) is 0 Å². The molecule has 94 valence electrons. The SMILES string of the molecule is C=CCc1ccccc1OCCCn1ccnc1. The third kappa shape index (κ3) is 3.48. The Morgan fingerprint density at radius 1 is 1.33 bits per heavy atom. The van der Waals surface area contributed by atoms with Crippen molar-refractivity contribution in [2.75, 3.05) is 6.61 Å². The first kappa shape index (κ1) is 12.4. The molecule has 0 aliphatic carbocycles. The summed E-state index contributed by atoms with van der Waals surface area (Å²) in [7, 11) is 0. The molecule has 0 saturated heterocycles. The summed E-state index contributed by atoms with van der Waals surface area (Å²) in [6, 6.07) is 8.11. The van der Waals surface area contributed by atoms with E-state index < -0.39 is 0 Å². The predicted molar refractivity (Wildman–Crippen MR) is 72.7 cm³/mol. The number of ether oxygens (including phenoxy) is 1. The Hall–Kier alpha value is -2.03. The largest absolute Gasteiger partial charge is 0.493 e. The summed E-state index contributed by atoms with van der Waals surface area (Å²) in [6.45, 7) is 5.41. The molecule has 0 spiro atoms. The maximum Gasteiger partial charge on any atom is 0.122 e. The van der Waals surface area contributed by atoms with Crippen molar-refractivity contribution in [3.8, 4) is 5.75 Å². The summed E-state index contributed by atoms with van der Waals surface area (Å²) >= 11 is 0. The summed E-state index contributed by atoms with van der Waals surface area (Å²) in [4.78, 5) is 4.01. The standard InChI is InChI=1S/C15H18N2O/c1-2-6-14-7-3-4-8-15(14)18-12-5-10-17-11-9-16-13-17/h2-4,7-9,11,13H,1,5-6,10,12H2. The van der Waals surface area contributed by atoms with Gasteiger partial charge < -0.3 is 9.30 Å². The van der Waals surface area contributed by atoms with E-state index in [9.17, 15) is 0 Å². The number of nitrogens with zero attached hydrogens (tertiary/aromatic N) is 2. The first-order valence-electron chi connectivity index (χ1n) is 6.17. The summed E-state index contributed by atoms with van der Waals surface area (Å²) < 4.78 is 7.86. The molecule has 1 aromatic carbocycles. The molecule has 0 aliphatic rings. The monoisotopic (exact) mass is 242 g/mol. The second kappa shape index (κ2) is 6.64. The number of aromatic nitrogens is 2. The van der Waals surface area contributed by atoms with E-state index >= 15 is 0 Å². The van der Waals surface area contributed by atoms with Gasteiger partial charge in [-0.2, -0.15) is 0 Å². The maximum atomic E-state index is 5.81. The molecule has 0 aliphatic heterocycles. The molecule has 0 saturated carbocycles. The zero-order chi connectivity index (χ0) is 12.6. The predicted octanol–water partition coefficient (Wildman–Crippen LogP) is 3.08. The van der Waals surface area contributed by atoms with E-state index in [4.69, 9.17) is 4.74 Å². The molecule has 0 atom stereocenters. The summed E-state index contributed by atoms with van der Waals surface area (Å²) in [5.74, 6) is 0.961. The Labute approximate surface area is 108 Å². The number of rotatable bonds is 7. The van der Waals surface area contributed by atoms with E-state index in [-0.39, 0.29) is 0 Å². The van der Waals surface area contributed by atoms with Crippen molar-refractivity contribution in [2.24, 2.45) is 0 Å². The van der Waals surface area contributed by atoms with Gasteiger partial charge in [0, 0.05) is 18.9 Å². The number of hydrogen-bond donors (Lipinski definition) is 0. The molecule has 0 fully saturated rings. The number of benzene rings is 1. The Kier molecular flexibility index (Phi) is 4.59. The fraction of sp³-hybridized carbons (Fsp3) is 0.267. The zero-order valence-electron chi connectivity index (χ0n) is 10.5. The van der Waals surface area contributed by atoms with Crippen LogP contribution in [0.5, 0.6) is 5.75 Å². The minimum Gasteiger partial charge on any atom is -0.493 e. The average Bonchev–Trinajstić information content (AvgIpc) is 2.90. The highest BCUT2D eigenvalue weighted by Crippen LogP contribution is 2.18. The lowest BCUT2D eigenvalue weighted by molar-refractivity contribution is 0.299. The highest BCUT2D eigenvalue weighted by atomic mass is 16.5. The Bertz CT molecular complexity index is 477. The van der Waals surface area contributed by atoms with Crippen LogP contribution < -0.4 is 4.74 Å². The third-order valence-corrected chi connectivity index (χ3v) is 2.71. The Morgan fingerprint density at radius 3 is 3.00 bits per heavy atom. The number of para-hydroxylation sites is 1. The van der Waals surface area contributed by atoms with Crippen LogP contribution in [-0.2, 0) is 13.0 Å². The summed E-state index contributed by atoms with van der Waals surface area (Å²) in [5.41, 5.74) is 1.19. The second-order valence-corrected chi connectivity index (χ2v) is 4.10. The van der Waals surface area contributed by atoms with Crippen LogP contribution in [0.1, 0.15) is 12.0 Å². The van der Waals surface area contributed by atoms with Crippen molar-refractivity contribution >= 4 is 0 Å². The van der Waals surface area contributed by atoms with Gasteiger partial charge >= 0.3 is 0 Å². The van der Waals surface area contributed by atoms with Gasteiger partial charge in [-0.1, -0.05) is 24.3 Å². The molecule has 1 heterocycles. The van der Waals surface area contributed by atoms with Crippen molar-refractivity contribution in [1.29, 1.82) is 0 Å². The topological polar surface area (TPSA) is 27.1 Å². The van der Waals surface area contributed by atoms with Gasteiger partial charge in [0.1, 0.15) is 5.75 Å². The lowest BCUT2D eigenvalue weighted by atomic mass is 10.1. The number of imidazole rings is 1. The normalized spacial score (nSPS) is 10.2. The van der Waals surface area contributed by atoms with Crippen LogP contribution in [0.3, 0.4) is 0 Å². The molecule has 3 heteroatoms. The second-order valence-electron chi connectivity index (χ2n) is 4.10. The molecule has 2 rings (SSSR count). The quantitative estimate of drug-likeness (QED) is 0.551. The van der Waals surface area contributed by atoms with E-state index in [1.165, 1.54) is 5.56 Å². The molecule has 0 radical (unpaired) electrons. The molecule has 2 aromatic rings. The summed E-state index contributed by atoms with van der Waals surface area (Å²) in [5, 5.41) is 0. The van der Waals surface area contributed by atoms with Crippen LogP contribution in [0, 0.1) is 0 Å². The Morgan fingerprint density at radius 2 is 2.22 bits per heavy atom. The molecule has 0 N–H and O–H groups in total. The molecule has 18 heavy (non-hydrogen) atoms. The van der Waals surface area contributed by atoms with E-state index in [2.05, 4.69) is 22.2 Å². The van der Waals surface area contributed by atoms with Crippen LogP contribution in [-0.4, -0.2) is 16.2 Å². The minimum atomic E-state index is 0.715. The van der Waals surface area contributed by atoms with Gasteiger partial charge in [0.05, 0.1) is 12.9 Å². The van der Waals surface area contributed by atoms with Gasteiger partial charge in [0.2, 0.25) is 0 Å². The first-order chi connectivity index (χ1) is 8.90. The van der Waals surface area contributed by atoms with Gasteiger partial charge in [0.25, 0.3) is 0 Å². The molecule has 3 nitrogen and oxygen atoms in total. The fourth-order valence-electron chi connectivity index (χ4n) is 1.82. The lowest BCUT2D eigenvalue weighted by Crippen LogP contribution is -2.04. The van der Waals surface area contributed by atoms with Gasteiger partial charge in [-0.05, 0) is 24.5 Å². The van der Waals surface area contributed by atoms with Gasteiger partial charge in [0.15, 0.2) is 0 Å². The van der Waals surface area contributed by atoms with Crippen molar-refractivity contribution in [3.05, 3.63) is 61.2 Å². The van der Waals surface area contributed by atoms with E-state index in [1.54, 1.807) is 6.20 Å². The fourth-order valence-corrected chi connectivity index (χ4v) is 1.82. The average molecular weight is 242 g/mol. The van der Waals surface area contributed by atoms with Crippen molar-refractivity contribution in [3.63, 3.8) is 0 Å². The smallest absolute Gasteiger partial charge is 0.122 e. The van der Waals surface area contributed by atoms with Crippen molar-refractivity contribution in [1.82, 2.24) is 9.55 Å². The first-order valence-corrected chi connectivity index (χ1v) is 6.17. The molecular weight excluding hydrogens is 224 g/mol. The molecule has 0 unspecified atom stereocenters.